The van der Waals surface area contributed by atoms with Crippen LogP contribution in [-0.4, -0.2) is 30.9 Å². The number of carbonyl (C=O) groups excluding carboxylic acids is 3. The Morgan fingerprint density at radius 2 is 1.89 bits per heavy atom. The molecule has 1 fully saturated rings. The van der Waals surface area contributed by atoms with Gasteiger partial charge in [0, 0.05) is 18.7 Å². The topological polar surface area (TPSA) is 75.7 Å². The maximum atomic E-state index is 12.6. The third kappa shape index (κ3) is 4.51. The number of amides is 2. The van der Waals surface area contributed by atoms with Crippen LogP contribution in [0.5, 0.6) is 0 Å². The summed E-state index contributed by atoms with van der Waals surface area (Å²) in [5, 5.41) is 3.27. The molecule has 0 aliphatic carbocycles. The van der Waals surface area contributed by atoms with Crippen LogP contribution in [0.15, 0.2) is 48.5 Å². The molecular weight excluding hydrogens is 380 g/mol. The van der Waals surface area contributed by atoms with Gasteiger partial charge in [-0.1, -0.05) is 30.7 Å². The standard InChI is InChI=1S/C21H21ClN2O4/c1-2-11-28-21(27)14-7-9-16(10-8-14)23-20(26)15-12-19(25)24(13-15)18-6-4-3-5-17(18)22/h3-10,15H,2,11-13H2,1H3,(H,23,26)/t15-/m0/s1. The first kappa shape index (κ1) is 19.9. The smallest absolute Gasteiger partial charge is 0.338 e. The molecule has 1 N–H and O–H groups in total. The van der Waals surface area contributed by atoms with Crippen LogP contribution >= 0.6 is 11.6 Å². The Balaban J connectivity index is 1.62. The normalized spacial score (nSPS) is 16.1. The molecule has 0 saturated carbocycles. The zero-order chi connectivity index (χ0) is 20.1. The minimum Gasteiger partial charge on any atom is -0.462 e. The maximum absolute atomic E-state index is 12.6. The fourth-order valence-electron chi connectivity index (χ4n) is 3.00. The zero-order valence-corrected chi connectivity index (χ0v) is 16.2. The molecule has 3 rings (SSSR count). The molecule has 0 bridgehead atoms. The predicted molar refractivity (Wildman–Crippen MR) is 108 cm³/mol. The molecule has 0 aromatic heterocycles. The van der Waals surface area contributed by atoms with E-state index in [0.717, 1.165) is 6.42 Å². The van der Waals surface area contributed by atoms with Crippen molar-refractivity contribution < 1.29 is 19.1 Å². The van der Waals surface area contributed by atoms with E-state index in [1.807, 2.05) is 6.92 Å². The van der Waals surface area contributed by atoms with E-state index >= 15 is 0 Å². The second-order valence-corrected chi connectivity index (χ2v) is 6.97. The minimum atomic E-state index is -0.474. The van der Waals surface area contributed by atoms with Crippen molar-refractivity contribution in [3.63, 3.8) is 0 Å². The van der Waals surface area contributed by atoms with Crippen LogP contribution in [0.1, 0.15) is 30.1 Å². The molecule has 2 aromatic rings. The first-order valence-corrected chi connectivity index (χ1v) is 9.50. The fraction of sp³-hybridized carbons (Fsp3) is 0.286. The molecule has 7 heteroatoms. The van der Waals surface area contributed by atoms with Crippen LogP contribution in [0.25, 0.3) is 0 Å². The third-order valence-corrected chi connectivity index (χ3v) is 4.78. The van der Waals surface area contributed by atoms with Crippen LogP contribution in [0.4, 0.5) is 11.4 Å². The van der Waals surface area contributed by atoms with Crippen molar-refractivity contribution in [1.82, 2.24) is 0 Å². The molecule has 1 aliphatic heterocycles. The number of rotatable bonds is 6. The number of para-hydroxylation sites is 1. The number of nitrogens with zero attached hydrogens (tertiary/aromatic N) is 1. The van der Waals surface area contributed by atoms with Gasteiger partial charge in [0.2, 0.25) is 11.8 Å². The number of nitrogens with one attached hydrogen (secondary N) is 1. The number of hydrogen-bond acceptors (Lipinski definition) is 4. The van der Waals surface area contributed by atoms with E-state index in [4.69, 9.17) is 16.3 Å². The second-order valence-electron chi connectivity index (χ2n) is 6.56. The lowest BCUT2D eigenvalue weighted by atomic mass is 10.1. The van der Waals surface area contributed by atoms with Crippen LogP contribution in [-0.2, 0) is 14.3 Å². The van der Waals surface area contributed by atoms with E-state index in [2.05, 4.69) is 5.32 Å². The van der Waals surface area contributed by atoms with E-state index in [1.54, 1.807) is 53.4 Å². The van der Waals surface area contributed by atoms with E-state index in [-0.39, 0.29) is 24.8 Å². The minimum absolute atomic E-state index is 0.123. The van der Waals surface area contributed by atoms with Crippen molar-refractivity contribution in [3.8, 4) is 0 Å². The summed E-state index contributed by atoms with van der Waals surface area (Å²) >= 11 is 6.17. The van der Waals surface area contributed by atoms with Crippen LogP contribution in [0.3, 0.4) is 0 Å². The highest BCUT2D eigenvalue weighted by Crippen LogP contribution is 2.31. The van der Waals surface area contributed by atoms with Crippen molar-refractivity contribution in [2.24, 2.45) is 5.92 Å². The van der Waals surface area contributed by atoms with Crippen molar-refractivity contribution in [2.75, 3.05) is 23.4 Å². The van der Waals surface area contributed by atoms with Crippen molar-refractivity contribution in [1.29, 1.82) is 0 Å². The molecule has 0 radical (unpaired) electrons. The second kappa shape index (κ2) is 8.89. The van der Waals surface area contributed by atoms with Crippen LogP contribution in [0.2, 0.25) is 5.02 Å². The molecule has 0 spiro atoms. The molecule has 1 heterocycles. The Morgan fingerprint density at radius 1 is 1.18 bits per heavy atom. The Kier molecular flexibility index (Phi) is 6.31. The molecule has 146 valence electrons. The van der Waals surface area contributed by atoms with Gasteiger partial charge in [-0.05, 0) is 42.8 Å². The SMILES string of the molecule is CCCOC(=O)c1ccc(NC(=O)[C@H]2CC(=O)N(c3ccccc3Cl)C2)cc1. The molecule has 6 nitrogen and oxygen atoms in total. The summed E-state index contributed by atoms with van der Waals surface area (Å²) in [7, 11) is 0. The summed E-state index contributed by atoms with van der Waals surface area (Å²) < 4.78 is 5.07. The summed E-state index contributed by atoms with van der Waals surface area (Å²) in [6.07, 6.45) is 0.879. The average Bonchev–Trinajstić information content (AvgIpc) is 3.08. The summed E-state index contributed by atoms with van der Waals surface area (Å²) in [4.78, 5) is 38.3. The van der Waals surface area contributed by atoms with E-state index in [0.29, 0.717) is 28.6 Å². The quantitative estimate of drug-likeness (QED) is 0.746. The predicted octanol–water partition coefficient (Wildman–Crippen LogP) is 3.90. The molecule has 2 aromatic carbocycles. The highest BCUT2D eigenvalue weighted by Gasteiger charge is 2.35. The van der Waals surface area contributed by atoms with Crippen molar-refractivity contribution in [3.05, 3.63) is 59.1 Å². The Bertz CT molecular complexity index is 882. The molecule has 0 unspecified atom stereocenters. The summed E-state index contributed by atoms with van der Waals surface area (Å²) in [6.45, 7) is 2.57. The number of hydrogen-bond donors (Lipinski definition) is 1. The molecule has 1 saturated heterocycles. The molecule has 2 amide bonds. The van der Waals surface area contributed by atoms with Gasteiger partial charge in [0.1, 0.15) is 0 Å². The molecule has 1 aliphatic rings. The van der Waals surface area contributed by atoms with Crippen molar-refractivity contribution in [2.45, 2.75) is 19.8 Å². The van der Waals surface area contributed by atoms with E-state index in [1.165, 1.54) is 0 Å². The Labute approximate surface area is 168 Å². The number of halogens is 1. The average molecular weight is 401 g/mol. The summed E-state index contributed by atoms with van der Waals surface area (Å²) in [5.74, 6) is -1.25. The molecule has 1 atom stereocenters. The van der Waals surface area contributed by atoms with Gasteiger partial charge in [-0.2, -0.15) is 0 Å². The molecule has 28 heavy (non-hydrogen) atoms. The number of ether oxygens (including phenoxy) is 1. The largest absolute Gasteiger partial charge is 0.462 e. The Morgan fingerprint density at radius 3 is 2.57 bits per heavy atom. The first-order chi connectivity index (χ1) is 13.5. The van der Waals surface area contributed by atoms with Gasteiger partial charge >= 0.3 is 5.97 Å². The van der Waals surface area contributed by atoms with E-state index < -0.39 is 11.9 Å². The van der Waals surface area contributed by atoms with Gasteiger partial charge in [-0.3, -0.25) is 9.59 Å². The van der Waals surface area contributed by atoms with Crippen LogP contribution in [0, 0.1) is 5.92 Å². The number of esters is 1. The number of benzene rings is 2. The highest BCUT2D eigenvalue weighted by atomic mass is 35.5. The highest BCUT2D eigenvalue weighted by molar-refractivity contribution is 6.33. The van der Waals surface area contributed by atoms with Gasteiger partial charge in [-0.15, -0.1) is 0 Å². The Hall–Kier alpha value is -2.86. The van der Waals surface area contributed by atoms with Gasteiger partial charge in [-0.25, -0.2) is 4.79 Å². The van der Waals surface area contributed by atoms with Gasteiger partial charge in [0.05, 0.1) is 28.8 Å². The monoisotopic (exact) mass is 400 g/mol. The van der Waals surface area contributed by atoms with Crippen LogP contribution < -0.4 is 10.2 Å². The summed E-state index contributed by atoms with van der Waals surface area (Å²) in [5.41, 5.74) is 1.59. The number of carbonyl (C=O) groups is 3. The van der Waals surface area contributed by atoms with Crippen molar-refractivity contribution >= 4 is 40.8 Å². The summed E-state index contributed by atoms with van der Waals surface area (Å²) in [6, 6.07) is 13.5. The first-order valence-electron chi connectivity index (χ1n) is 9.12. The van der Waals surface area contributed by atoms with Gasteiger partial charge < -0.3 is 15.0 Å². The van der Waals surface area contributed by atoms with Gasteiger partial charge in [0.25, 0.3) is 0 Å². The number of anilines is 2. The lowest BCUT2D eigenvalue weighted by Crippen LogP contribution is -2.28. The molecular formula is C21H21ClN2O4. The third-order valence-electron chi connectivity index (χ3n) is 4.46. The fourth-order valence-corrected chi connectivity index (χ4v) is 3.24. The van der Waals surface area contributed by atoms with Gasteiger partial charge in [0.15, 0.2) is 0 Å². The maximum Gasteiger partial charge on any atom is 0.338 e. The van der Waals surface area contributed by atoms with E-state index in [9.17, 15) is 14.4 Å². The lowest BCUT2D eigenvalue weighted by Gasteiger charge is -2.18. The lowest BCUT2D eigenvalue weighted by molar-refractivity contribution is -0.122. The zero-order valence-electron chi connectivity index (χ0n) is 15.5.